The fourth-order valence-electron chi connectivity index (χ4n) is 1.85. The van der Waals surface area contributed by atoms with E-state index in [-0.39, 0.29) is 17.8 Å². The van der Waals surface area contributed by atoms with E-state index in [4.69, 9.17) is 0 Å². The van der Waals surface area contributed by atoms with Crippen LogP contribution in [0.4, 0.5) is 8.78 Å². The van der Waals surface area contributed by atoms with Gasteiger partial charge in [-0.05, 0) is 32.0 Å². The maximum Gasteiger partial charge on any atom is 0.164 e. The van der Waals surface area contributed by atoms with Crippen molar-refractivity contribution in [2.75, 3.05) is 13.6 Å². The summed E-state index contributed by atoms with van der Waals surface area (Å²) in [7, 11) is 1.95. The van der Waals surface area contributed by atoms with Gasteiger partial charge in [-0.3, -0.25) is 4.79 Å². The Morgan fingerprint density at radius 3 is 2.16 bits per heavy atom. The Morgan fingerprint density at radius 1 is 1.16 bits per heavy atom. The number of carbonyl (C=O) groups excluding carboxylic acids is 1. The molecule has 4 heteroatoms. The maximum atomic E-state index is 13.0. The Kier molecular flexibility index (Phi) is 5.60. The Morgan fingerprint density at radius 2 is 1.68 bits per heavy atom. The van der Waals surface area contributed by atoms with Gasteiger partial charge < -0.3 is 4.90 Å². The molecular formula is C15H21F2NO. The maximum absolute atomic E-state index is 13.0. The molecule has 0 aliphatic carbocycles. The molecule has 0 spiro atoms. The lowest BCUT2D eigenvalue weighted by Gasteiger charge is -2.27. The molecule has 0 fully saturated rings. The zero-order chi connectivity index (χ0) is 14.6. The zero-order valence-corrected chi connectivity index (χ0v) is 11.9. The zero-order valence-electron chi connectivity index (χ0n) is 11.9. The quantitative estimate of drug-likeness (QED) is 0.736. The van der Waals surface area contributed by atoms with E-state index in [1.54, 1.807) is 0 Å². The number of rotatable bonds is 6. The van der Waals surface area contributed by atoms with Crippen LogP contribution in [0.5, 0.6) is 0 Å². The van der Waals surface area contributed by atoms with E-state index >= 15 is 0 Å². The van der Waals surface area contributed by atoms with Gasteiger partial charge in [-0.2, -0.15) is 0 Å². The first-order valence-electron chi connectivity index (χ1n) is 6.50. The minimum absolute atomic E-state index is 0.100. The van der Waals surface area contributed by atoms with Crippen LogP contribution in [-0.4, -0.2) is 30.3 Å². The van der Waals surface area contributed by atoms with E-state index in [2.05, 4.69) is 25.7 Å². The highest BCUT2D eigenvalue weighted by atomic mass is 19.1. The lowest BCUT2D eigenvalue weighted by Crippen LogP contribution is -2.34. The first-order valence-corrected chi connectivity index (χ1v) is 6.50. The molecule has 0 N–H and O–H groups in total. The molecule has 0 heterocycles. The van der Waals surface area contributed by atoms with Crippen LogP contribution in [0.3, 0.4) is 0 Å². The third-order valence-electron chi connectivity index (χ3n) is 3.54. The van der Waals surface area contributed by atoms with Crippen molar-refractivity contribution >= 4 is 5.78 Å². The summed E-state index contributed by atoms with van der Waals surface area (Å²) in [4.78, 5) is 14.0. The molecule has 0 aromatic heterocycles. The highest BCUT2D eigenvalue weighted by Crippen LogP contribution is 2.12. The van der Waals surface area contributed by atoms with E-state index in [1.807, 2.05) is 7.05 Å². The van der Waals surface area contributed by atoms with Gasteiger partial charge >= 0.3 is 0 Å². The summed E-state index contributed by atoms with van der Waals surface area (Å²) < 4.78 is 26.0. The van der Waals surface area contributed by atoms with Gasteiger partial charge in [0.2, 0.25) is 0 Å². The molecule has 19 heavy (non-hydrogen) atoms. The van der Waals surface area contributed by atoms with Crippen molar-refractivity contribution in [3.63, 3.8) is 0 Å². The van der Waals surface area contributed by atoms with Crippen LogP contribution in [0.25, 0.3) is 0 Å². The van der Waals surface area contributed by atoms with Crippen LogP contribution in [-0.2, 0) is 0 Å². The first-order chi connectivity index (χ1) is 8.81. The molecule has 0 aliphatic rings. The summed E-state index contributed by atoms with van der Waals surface area (Å²) in [5.74, 6) is -1.17. The lowest BCUT2D eigenvalue weighted by atomic mass is 10.0. The van der Waals surface area contributed by atoms with E-state index in [0.29, 0.717) is 18.5 Å². The third-order valence-corrected chi connectivity index (χ3v) is 3.54. The molecule has 0 radical (unpaired) electrons. The van der Waals surface area contributed by atoms with Crippen LogP contribution < -0.4 is 0 Å². The molecule has 1 atom stereocenters. The normalized spacial score (nSPS) is 13.1. The lowest BCUT2D eigenvalue weighted by molar-refractivity contribution is 0.0954. The Balaban J connectivity index is 2.60. The molecule has 1 unspecified atom stereocenters. The number of benzene rings is 1. The molecule has 106 valence electrons. The molecule has 2 nitrogen and oxygen atoms in total. The van der Waals surface area contributed by atoms with Crippen molar-refractivity contribution in [3.8, 4) is 0 Å². The van der Waals surface area contributed by atoms with Crippen LogP contribution in [0.15, 0.2) is 18.2 Å². The molecule has 0 saturated heterocycles. The van der Waals surface area contributed by atoms with Gasteiger partial charge in [-0.1, -0.05) is 13.8 Å². The van der Waals surface area contributed by atoms with Crippen molar-refractivity contribution in [1.29, 1.82) is 0 Å². The number of Topliss-reactive ketones (excluding diaryl/α,β-unsaturated/α-hetero) is 1. The number of halogens is 2. The van der Waals surface area contributed by atoms with Gasteiger partial charge in [0.1, 0.15) is 11.6 Å². The number of ketones is 1. The summed E-state index contributed by atoms with van der Waals surface area (Å²) in [5, 5.41) is 0. The predicted octanol–water partition coefficient (Wildman–Crippen LogP) is 3.51. The minimum Gasteiger partial charge on any atom is -0.303 e. The topological polar surface area (TPSA) is 20.3 Å². The summed E-state index contributed by atoms with van der Waals surface area (Å²) in [6, 6.07) is 3.29. The molecule has 1 aromatic rings. The summed E-state index contributed by atoms with van der Waals surface area (Å²) in [6.45, 7) is 6.91. The number of hydrogen-bond donors (Lipinski definition) is 0. The standard InChI is InChI=1S/C15H21F2NO/c1-10(2)11(3)18(4)6-5-15(19)12-7-13(16)9-14(17)8-12/h7-11H,5-6H2,1-4H3. The van der Waals surface area contributed by atoms with Crippen molar-refractivity contribution < 1.29 is 13.6 Å². The number of hydrogen-bond acceptors (Lipinski definition) is 2. The third kappa shape index (κ3) is 4.71. The van der Waals surface area contributed by atoms with Crippen molar-refractivity contribution in [2.45, 2.75) is 33.2 Å². The molecule has 0 aliphatic heterocycles. The second kappa shape index (κ2) is 6.75. The highest BCUT2D eigenvalue weighted by molar-refractivity contribution is 5.96. The Labute approximate surface area is 113 Å². The van der Waals surface area contributed by atoms with E-state index in [1.165, 1.54) is 0 Å². The Hall–Kier alpha value is -1.29. The van der Waals surface area contributed by atoms with E-state index < -0.39 is 11.6 Å². The van der Waals surface area contributed by atoms with Crippen LogP contribution in [0.1, 0.15) is 37.6 Å². The molecule has 1 aromatic carbocycles. The smallest absolute Gasteiger partial charge is 0.164 e. The fraction of sp³-hybridized carbons (Fsp3) is 0.533. The van der Waals surface area contributed by atoms with Crippen LogP contribution in [0, 0.1) is 17.6 Å². The van der Waals surface area contributed by atoms with Gasteiger partial charge in [-0.15, -0.1) is 0 Å². The van der Waals surface area contributed by atoms with Gasteiger partial charge in [0, 0.05) is 30.6 Å². The average Bonchev–Trinajstić information content (AvgIpc) is 2.33. The van der Waals surface area contributed by atoms with Crippen molar-refractivity contribution in [1.82, 2.24) is 4.90 Å². The minimum atomic E-state index is -0.716. The van der Waals surface area contributed by atoms with Crippen LogP contribution >= 0.6 is 0 Å². The van der Waals surface area contributed by atoms with Gasteiger partial charge in [0.05, 0.1) is 0 Å². The van der Waals surface area contributed by atoms with Gasteiger partial charge in [0.15, 0.2) is 5.78 Å². The number of carbonyl (C=O) groups is 1. The summed E-state index contributed by atoms with van der Waals surface area (Å²) in [5.41, 5.74) is 0.100. The highest BCUT2D eigenvalue weighted by Gasteiger charge is 2.15. The fourth-order valence-corrected chi connectivity index (χ4v) is 1.85. The monoisotopic (exact) mass is 269 g/mol. The van der Waals surface area contributed by atoms with Gasteiger partial charge in [0.25, 0.3) is 0 Å². The molecule has 1 rings (SSSR count). The predicted molar refractivity (Wildman–Crippen MR) is 72.2 cm³/mol. The van der Waals surface area contributed by atoms with Crippen molar-refractivity contribution in [2.24, 2.45) is 5.92 Å². The largest absolute Gasteiger partial charge is 0.303 e. The summed E-state index contributed by atoms with van der Waals surface area (Å²) >= 11 is 0. The number of nitrogens with zero attached hydrogens (tertiary/aromatic N) is 1. The second-order valence-electron chi connectivity index (χ2n) is 5.30. The molecule has 0 bridgehead atoms. The van der Waals surface area contributed by atoms with Gasteiger partial charge in [-0.25, -0.2) is 8.78 Å². The molecule has 0 amide bonds. The van der Waals surface area contributed by atoms with Crippen molar-refractivity contribution in [3.05, 3.63) is 35.4 Å². The van der Waals surface area contributed by atoms with E-state index in [0.717, 1.165) is 18.2 Å². The van der Waals surface area contributed by atoms with Crippen LogP contribution in [0.2, 0.25) is 0 Å². The first kappa shape index (κ1) is 15.8. The summed E-state index contributed by atoms with van der Waals surface area (Å²) in [6.07, 6.45) is 0.260. The second-order valence-corrected chi connectivity index (χ2v) is 5.30. The Bertz CT molecular complexity index is 426. The molecule has 0 saturated carbocycles. The van der Waals surface area contributed by atoms with E-state index in [9.17, 15) is 13.6 Å². The molecular weight excluding hydrogens is 248 g/mol. The average molecular weight is 269 g/mol. The SMILES string of the molecule is CC(C)C(C)N(C)CCC(=O)c1cc(F)cc(F)c1.